The minimum Gasteiger partial charge on any atom is -0.484 e. The highest BCUT2D eigenvalue weighted by Gasteiger charge is 2.30. The van der Waals surface area contributed by atoms with E-state index in [1.54, 1.807) is 4.90 Å². The van der Waals surface area contributed by atoms with Gasteiger partial charge in [0.1, 0.15) is 11.8 Å². The van der Waals surface area contributed by atoms with E-state index >= 15 is 0 Å². The number of halogens is 1. The summed E-state index contributed by atoms with van der Waals surface area (Å²) in [6.45, 7) is 4.70. The third-order valence-corrected chi connectivity index (χ3v) is 5.97. The highest BCUT2D eigenvalue weighted by atomic mass is 79.9. The molecule has 0 radical (unpaired) electrons. The second-order valence-electron chi connectivity index (χ2n) is 8.25. The molecule has 1 unspecified atom stereocenters. The predicted molar refractivity (Wildman–Crippen MR) is 139 cm³/mol. The Balaban J connectivity index is 1.88. The van der Waals surface area contributed by atoms with Crippen molar-refractivity contribution in [3.63, 3.8) is 0 Å². The molecule has 0 fully saturated rings. The molecule has 0 saturated carbocycles. The number of carbonyl (C=O) groups excluding carboxylic acids is 2. The zero-order valence-electron chi connectivity index (χ0n) is 19.7. The smallest absolute Gasteiger partial charge is 0.261 e. The topological polar surface area (TPSA) is 58.6 Å². The zero-order valence-corrected chi connectivity index (χ0v) is 21.3. The second kappa shape index (κ2) is 12.9. The van der Waals surface area contributed by atoms with Crippen LogP contribution in [0.3, 0.4) is 0 Å². The Kier molecular flexibility index (Phi) is 9.71. The number of nitrogens with one attached hydrogen (secondary N) is 1. The Hall–Kier alpha value is -3.12. The molecule has 0 aliphatic carbocycles. The number of rotatable bonds is 11. The van der Waals surface area contributed by atoms with Gasteiger partial charge in [-0.15, -0.1) is 0 Å². The Labute approximate surface area is 210 Å². The van der Waals surface area contributed by atoms with E-state index in [-0.39, 0.29) is 18.4 Å². The van der Waals surface area contributed by atoms with Crippen molar-refractivity contribution in [1.82, 2.24) is 10.2 Å². The number of hydrogen-bond donors (Lipinski definition) is 1. The SMILES string of the molecule is CCCNC(=O)C(Cc1ccccc1)N(Cc1ccc(Br)cc1)C(=O)COc1cccc(C)c1. The molecule has 178 valence electrons. The molecule has 0 bridgehead atoms. The van der Waals surface area contributed by atoms with Crippen LogP contribution in [-0.4, -0.2) is 35.9 Å². The molecule has 1 N–H and O–H groups in total. The summed E-state index contributed by atoms with van der Waals surface area (Å²) < 4.78 is 6.77. The molecule has 0 saturated heterocycles. The second-order valence-corrected chi connectivity index (χ2v) is 9.17. The summed E-state index contributed by atoms with van der Waals surface area (Å²) in [7, 11) is 0. The van der Waals surface area contributed by atoms with Crippen molar-refractivity contribution in [3.8, 4) is 5.75 Å². The molecule has 0 heterocycles. The first-order chi connectivity index (χ1) is 16.5. The summed E-state index contributed by atoms with van der Waals surface area (Å²) >= 11 is 3.46. The molecule has 3 aromatic carbocycles. The van der Waals surface area contributed by atoms with E-state index < -0.39 is 6.04 Å². The number of carbonyl (C=O) groups is 2. The Morgan fingerprint density at radius 1 is 0.971 bits per heavy atom. The Bertz CT molecular complexity index is 1070. The van der Waals surface area contributed by atoms with Gasteiger partial charge in [0.05, 0.1) is 0 Å². The molecule has 1 atom stereocenters. The van der Waals surface area contributed by atoms with E-state index in [1.807, 2.05) is 92.7 Å². The van der Waals surface area contributed by atoms with Gasteiger partial charge < -0.3 is 15.0 Å². The van der Waals surface area contributed by atoms with Crippen LogP contribution in [-0.2, 0) is 22.6 Å². The molecule has 2 amide bonds. The maximum Gasteiger partial charge on any atom is 0.261 e. The third kappa shape index (κ3) is 7.73. The summed E-state index contributed by atoms with van der Waals surface area (Å²) in [6.07, 6.45) is 1.24. The van der Waals surface area contributed by atoms with Gasteiger partial charge in [0, 0.05) is 24.0 Å². The van der Waals surface area contributed by atoms with E-state index in [0.717, 1.165) is 27.6 Å². The number of benzene rings is 3. The molecule has 0 aliphatic rings. The van der Waals surface area contributed by atoms with E-state index in [4.69, 9.17) is 4.74 Å². The summed E-state index contributed by atoms with van der Waals surface area (Å²) in [6, 6.07) is 24.5. The molecule has 34 heavy (non-hydrogen) atoms. The van der Waals surface area contributed by atoms with Crippen molar-refractivity contribution >= 4 is 27.7 Å². The van der Waals surface area contributed by atoms with E-state index in [2.05, 4.69) is 21.2 Å². The van der Waals surface area contributed by atoms with Crippen LogP contribution in [0, 0.1) is 6.92 Å². The summed E-state index contributed by atoms with van der Waals surface area (Å²) in [4.78, 5) is 28.4. The molecule has 5 nitrogen and oxygen atoms in total. The number of nitrogens with zero attached hydrogens (tertiary/aromatic N) is 1. The zero-order chi connectivity index (χ0) is 24.3. The van der Waals surface area contributed by atoms with Gasteiger partial charge in [-0.3, -0.25) is 9.59 Å². The summed E-state index contributed by atoms with van der Waals surface area (Å²) in [5.41, 5.74) is 2.98. The van der Waals surface area contributed by atoms with Crippen LogP contribution in [0.1, 0.15) is 30.0 Å². The predicted octanol–water partition coefficient (Wildman–Crippen LogP) is 5.30. The molecule has 0 aliphatic heterocycles. The molecular weight excluding hydrogens is 492 g/mol. The maximum atomic E-state index is 13.5. The number of ether oxygens (including phenoxy) is 1. The fraction of sp³-hybridized carbons (Fsp3) is 0.286. The van der Waals surface area contributed by atoms with E-state index in [0.29, 0.717) is 25.3 Å². The van der Waals surface area contributed by atoms with Crippen LogP contribution in [0.5, 0.6) is 5.75 Å². The third-order valence-electron chi connectivity index (χ3n) is 5.44. The van der Waals surface area contributed by atoms with Gasteiger partial charge in [-0.05, 0) is 54.3 Å². The van der Waals surface area contributed by atoms with Crippen LogP contribution < -0.4 is 10.1 Å². The fourth-order valence-electron chi connectivity index (χ4n) is 3.64. The average molecular weight is 523 g/mol. The average Bonchev–Trinajstić information content (AvgIpc) is 2.85. The monoisotopic (exact) mass is 522 g/mol. The van der Waals surface area contributed by atoms with Gasteiger partial charge in [0.15, 0.2) is 6.61 Å². The lowest BCUT2D eigenvalue weighted by Crippen LogP contribution is -2.51. The molecule has 6 heteroatoms. The summed E-state index contributed by atoms with van der Waals surface area (Å²) in [5.74, 6) is 0.232. The molecule has 0 aromatic heterocycles. The van der Waals surface area contributed by atoms with E-state index in [1.165, 1.54) is 0 Å². The Morgan fingerprint density at radius 3 is 2.38 bits per heavy atom. The maximum absolute atomic E-state index is 13.5. The van der Waals surface area contributed by atoms with Crippen molar-refractivity contribution in [2.75, 3.05) is 13.2 Å². The van der Waals surface area contributed by atoms with Crippen molar-refractivity contribution in [2.45, 2.75) is 39.3 Å². The van der Waals surface area contributed by atoms with Crippen LogP contribution >= 0.6 is 15.9 Å². The number of amides is 2. The van der Waals surface area contributed by atoms with Gasteiger partial charge in [-0.25, -0.2) is 0 Å². The molecular formula is C28H31BrN2O3. The van der Waals surface area contributed by atoms with Gasteiger partial charge in [-0.1, -0.05) is 77.5 Å². The van der Waals surface area contributed by atoms with Crippen LogP contribution in [0.25, 0.3) is 0 Å². The first-order valence-corrected chi connectivity index (χ1v) is 12.3. The van der Waals surface area contributed by atoms with Crippen LogP contribution in [0.15, 0.2) is 83.3 Å². The first-order valence-electron chi connectivity index (χ1n) is 11.5. The van der Waals surface area contributed by atoms with Gasteiger partial charge in [0.2, 0.25) is 5.91 Å². The summed E-state index contributed by atoms with van der Waals surface area (Å²) in [5, 5.41) is 2.98. The highest BCUT2D eigenvalue weighted by Crippen LogP contribution is 2.18. The van der Waals surface area contributed by atoms with Gasteiger partial charge in [0.25, 0.3) is 5.91 Å². The van der Waals surface area contributed by atoms with Gasteiger partial charge in [-0.2, -0.15) is 0 Å². The van der Waals surface area contributed by atoms with Crippen molar-refractivity contribution in [3.05, 3.63) is 100 Å². The van der Waals surface area contributed by atoms with Crippen molar-refractivity contribution < 1.29 is 14.3 Å². The van der Waals surface area contributed by atoms with Crippen LogP contribution in [0.4, 0.5) is 0 Å². The lowest BCUT2D eigenvalue weighted by atomic mass is 10.0. The minimum atomic E-state index is -0.661. The van der Waals surface area contributed by atoms with E-state index in [9.17, 15) is 9.59 Å². The van der Waals surface area contributed by atoms with Crippen LogP contribution in [0.2, 0.25) is 0 Å². The first kappa shape index (κ1) is 25.5. The lowest BCUT2D eigenvalue weighted by Gasteiger charge is -2.31. The highest BCUT2D eigenvalue weighted by molar-refractivity contribution is 9.10. The van der Waals surface area contributed by atoms with Crippen molar-refractivity contribution in [1.29, 1.82) is 0 Å². The molecule has 3 rings (SSSR count). The molecule has 0 spiro atoms. The quantitative estimate of drug-likeness (QED) is 0.371. The van der Waals surface area contributed by atoms with Crippen molar-refractivity contribution in [2.24, 2.45) is 0 Å². The van der Waals surface area contributed by atoms with Gasteiger partial charge >= 0.3 is 0 Å². The largest absolute Gasteiger partial charge is 0.484 e. The minimum absolute atomic E-state index is 0.146. The number of aryl methyl sites for hydroxylation is 1. The fourth-order valence-corrected chi connectivity index (χ4v) is 3.90. The normalized spacial score (nSPS) is 11.5. The lowest BCUT2D eigenvalue weighted by molar-refractivity contribution is -0.142. The molecule has 3 aromatic rings. The standard InChI is InChI=1S/C28H31BrN2O3/c1-3-16-30-28(33)26(18-22-9-5-4-6-10-22)31(19-23-12-14-24(29)15-13-23)27(32)20-34-25-11-7-8-21(2)17-25/h4-15,17,26H,3,16,18-20H2,1-2H3,(H,30,33). The Morgan fingerprint density at radius 2 is 1.71 bits per heavy atom. The number of hydrogen-bond acceptors (Lipinski definition) is 3.